The van der Waals surface area contributed by atoms with Gasteiger partial charge in [-0.05, 0) is 33.7 Å². The second-order valence-electron chi connectivity index (χ2n) is 4.38. The smallest absolute Gasteiger partial charge is 0.208 e. The van der Waals surface area contributed by atoms with Gasteiger partial charge in [0.05, 0.1) is 17.0 Å². The van der Waals surface area contributed by atoms with Crippen LogP contribution in [0.3, 0.4) is 0 Å². The van der Waals surface area contributed by atoms with E-state index in [1.807, 2.05) is 13.8 Å². The van der Waals surface area contributed by atoms with E-state index in [1.165, 1.54) is 11.1 Å². The van der Waals surface area contributed by atoms with Gasteiger partial charge < -0.3 is 5.32 Å². The molecular formula is C11H21N3O2S2. The van der Waals surface area contributed by atoms with Crippen molar-refractivity contribution < 1.29 is 8.42 Å². The summed E-state index contributed by atoms with van der Waals surface area (Å²) in [5.41, 5.74) is 1.08. The van der Waals surface area contributed by atoms with Crippen molar-refractivity contribution in [3.63, 3.8) is 0 Å². The molecule has 0 aliphatic carbocycles. The molecule has 1 aromatic heterocycles. The predicted molar refractivity (Wildman–Crippen MR) is 75.5 cm³/mol. The van der Waals surface area contributed by atoms with Gasteiger partial charge >= 0.3 is 0 Å². The Kier molecular flexibility index (Phi) is 5.71. The van der Waals surface area contributed by atoms with Crippen molar-refractivity contribution in [2.24, 2.45) is 0 Å². The van der Waals surface area contributed by atoms with Crippen LogP contribution in [0.1, 0.15) is 35.0 Å². The summed E-state index contributed by atoms with van der Waals surface area (Å²) in [5, 5.41) is 4.45. The van der Waals surface area contributed by atoms with Gasteiger partial charge in [0.25, 0.3) is 0 Å². The van der Waals surface area contributed by atoms with E-state index in [4.69, 9.17) is 0 Å². The van der Waals surface area contributed by atoms with Crippen molar-refractivity contribution in [3.8, 4) is 0 Å². The average Bonchev–Trinajstić information content (AvgIpc) is 2.55. The minimum absolute atomic E-state index is 0.259. The summed E-state index contributed by atoms with van der Waals surface area (Å²) in [7, 11) is -3.07. The number of hydrogen-bond donors (Lipinski definition) is 2. The highest BCUT2D eigenvalue weighted by molar-refractivity contribution is 7.88. The van der Waals surface area contributed by atoms with Gasteiger partial charge in [-0.3, -0.25) is 0 Å². The van der Waals surface area contributed by atoms with Crippen LogP contribution in [-0.4, -0.2) is 32.7 Å². The van der Waals surface area contributed by atoms with Crippen molar-refractivity contribution >= 4 is 21.4 Å². The zero-order valence-corrected chi connectivity index (χ0v) is 12.9. The average molecular weight is 291 g/mol. The molecule has 0 radical (unpaired) electrons. The number of aromatic nitrogens is 1. The Hall–Kier alpha value is -0.500. The summed E-state index contributed by atoms with van der Waals surface area (Å²) < 4.78 is 24.2. The van der Waals surface area contributed by atoms with Crippen LogP contribution in [0, 0.1) is 13.8 Å². The van der Waals surface area contributed by atoms with E-state index in [-0.39, 0.29) is 6.04 Å². The molecular weight excluding hydrogens is 270 g/mol. The molecule has 18 heavy (non-hydrogen) atoms. The molecule has 0 saturated heterocycles. The molecule has 0 aliphatic rings. The third-order valence-corrected chi connectivity index (χ3v) is 4.49. The first-order valence-corrected chi connectivity index (χ1v) is 8.62. The lowest BCUT2D eigenvalue weighted by Crippen LogP contribution is -2.27. The van der Waals surface area contributed by atoms with E-state index < -0.39 is 10.0 Å². The lowest BCUT2D eigenvalue weighted by molar-refractivity contribution is 0.551. The summed E-state index contributed by atoms with van der Waals surface area (Å²) in [4.78, 5) is 5.65. The summed E-state index contributed by atoms with van der Waals surface area (Å²) in [6.07, 6.45) is 1.95. The lowest BCUT2D eigenvalue weighted by atomic mass is 10.2. The van der Waals surface area contributed by atoms with Gasteiger partial charge in [0, 0.05) is 17.5 Å². The molecule has 1 unspecified atom stereocenters. The summed E-state index contributed by atoms with van der Waals surface area (Å²) >= 11 is 1.71. The highest BCUT2D eigenvalue weighted by Gasteiger charge is 2.11. The van der Waals surface area contributed by atoms with Crippen LogP contribution in [0.15, 0.2) is 0 Å². The van der Waals surface area contributed by atoms with E-state index in [2.05, 4.69) is 21.9 Å². The summed E-state index contributed by atoms with van der Waals surface area (Å²) in [6.45, 7) is 7.37. The minimum Gasteiger partial charge on any atom is -0.309 e. The molecule has 1 atom stereocenters. The maximum absolute atomic E-state index is 10.9. The zero-order valence-electron chi connectivity index (χ0n) is 11.3. The quantitative estimate of drug-likeness (QED) is 0.744. The van der Waals surface area contributed by atoms with Crippen molar-refractivity contribution in [3.05, 3.63) is 15.6 Å². The zero-order chi connectivity index (χ0) is 13.8. The maximum Gasteiger partial charge on any atom is 0.208 e. The van der Waals surface area contributed by atoms with Gasteiger partial charge in [-0.15, -0.1) is 11.3 Å². The molecule has 0 spiro atoms. The van der Waals surface area contributed by atoms with Crippen LogP contribution in [0.4, 0.5) is 0 Å². The Morgan fingerprint density at radius 3 is 2.50 bits per heavy atom. The van der Waals surface area contributed by atoms with Crippen LogP contribution in [0.5, 0.6) is 0 Å². The Morgan fingerprint density at radius 2 is 2.00 bits per heavy atom. The fourth-order valence-corrected chi connectivity index (χ4v) is 3.18. The van der Waals surface area contributed by atoms with E-state index in [0.29, 0.717) is 6.54 Å². The molecule has 104 valence electrons. The summed E-state index contributed by atoms with van der Waals surface area (Å²) in [6, 6.07) is 0.259. The number of sulfonamides is 1. The monoisotopic (exact) mass is 291 g/mol. The Morgan fingerprint density at radius 1 is 1.33 bits per heavy atom. The molecule has 0 aromatic carbocycles. The van der Waals surface area contributed by atoms with Crippen molar-refractivity contribution in [2.75, 3.05) is 19.3 Å². The van der Waals surface area contributed by atoms with E-state index >= 15 is 0 Å². The van der Waals surface area contributed by atoms with Crippen LogP contribution >= 0.6 is 11.3 Å². The first-order valence-electron chi connectivity index (χ1n) is 5.91. The fourth-order valence-electron chi connectivity index (χ4n) is 1.71. The molecule has 0 saturated carbocycles. The molecule has 0 bridgehead atoms. The normalized spacial score (nSPS) is 13.8. The topological polar surface area (TPSA) is 71.1 Å². The number of aryl methyl sites for hydroxylation is 2. The Balaban J connectivity index is 2.30. The van der Waals surface area contributed by atoms with Gasteiger partial charge in [-0.2, -0.15) is 0 Å². The van der Waals surface area contributed by atoms with Crippen molar-refractivity contribution in [1.29, 1.82) is 0 Å². The second-order valence-corrected chi connectivity index (χ2v) is 7.45. The molecule has 7 heteroatoms. The predicted octanol–water partition coefficient (Wildman–Crippen LogP) is 1.35. The van der Waals surface area contributed by atoms with Crippen LogP contribution in [-0.2, 0) is 10.0 Å². The molecule has 0 aliphatic heterocycles. The Labute approximate surface area is 113 Å². The maximum atomic E-state index is 10.9. The van der Waals surface area contributed by atoms with Gasteiger partial charge in [0.1, 0.15) is 0 Å². The molecule has 0 fully saturated rings. The first kappa shape index (κ1) is 15.6. The van der Waals surface area contributed by atoms with Gasteiger partial charge in [0.2, 0.25) is 10.0 Å². The highest BCUT2D eigenvalue weighted by atomic mass is 32.2. The second kappa shape index (κ2) is 6.60. The number of thiazole rings is 1. The van der Waals surface area contributed by atoms with E-state index in [1.54, 1.807) is 11.3 Å². The van der Waals surface area contributed by atoms with E-state index in [9.17, 15) is 8.42 Å². The fraction of sp³-hybridized carbons (Fsp3) is 0.727. The molecule has 5 nitrogen and oxygen atoms in total. The molecule has 0 amide bonds. The number of rotatable bonds is 7. The van der Waals surface area contributed by atoms with Gasteiger partial charge in [-0.1, -0.05) is 0 Å². The molecule has 1 rings (SSSR count). The van der Waals surface area contributed by atoms with Gasteiger partial charge in [-0.25, -0.2) is 18.1 Å². The molecule has 2 N–H and O–H groups in total. The van der Waals surface area contributed by atoms with Crippen LogP contribution in [0.25, 0.3) is 0 Å². The van der Waals surface area contributed by atoms with Gasteiger partial charge in [0.15, 0.2) is 0 Å². The van der Waals surface area contributed by atoms with Crippen LogP contribution < -0.4 is 10.0 Å². The van der Waals surface area contributed by atoms with E-state index in [0.717, 1.165) is 23.7 Å². The minimum atomic E-state index is -3.07. The summed E-state index contributed by atoms with van der Waals surface area (Å²) in [5.74, 6) is 0. The van der Waals surface area contributed by atoms with Crippen molar-refractivity contribution in [2.45, 2.75) is 33.2 Å². The third kappa shape index (κ3) is 5.43. The largest absolute Gasteiger partial charge is 0.309 e. The number of hydrogen-bond acceptors (Lipinski definition) is 5. The number of nitrogens with zero attached hydrogens (tertiary/aromatic N) is 1. The third-order valence-electron chi connectivity index (χ3n) is 2.50. The SMILES string of the molecule is Cc1nc(C)c(C(C)NCCCNS(C)(=O)=O)s1. The molecule has 1 heterocycles. The van der Waals surface area contributed by atoms with Crippen molar-refractivity contribution in [1.82, 2.24) is 15.0 Å². The van der Waals surface area contributed by atoms with Crippen LogP contribution in [0.2, 0.25) is 0 Å². The first-order chi connectivity index (χ1) is 8.29. The number of nitrogens with one attached hydrogen (secondary N) is 2. The Bertz CT molecular complexity index is 482. The lowest BCUT2D eigenvalue weighted by Gasteiger charge is -2.12. The highest BCUT2D eigenvalue weighted by Crippen LogP contribution is 2.24. The molecule has 1 aromatic rings. The standard InChI is InChI=1S/C11H21N3O2S2/c1-8(11-9(2)14-10(3)17-11)12-6-5-7-13-18(4,15)16/h8,12-13H,5-7H2,1-4H3.